The number of halogens is 8. The van der Waals surface area contributed by atoms with Gasteiger partial charge in [0.2, 0.25) is 0 Å². The molecule has 0 amide bonds. The van der Waals surface area contributed by atoms with Crippen LogP contribution in [0, 0.1) is 0 Å². The lowest BCUT2D eigenvalue weighted by Gasteiger charge is -2.19. The Morgan fingerprint density at radius 2 is 1.13 bits per heavy atom. The van der Waals surface area contributed by atoms with E-state index in [1.165, 1.54) is 0 Å². The third-order valence-electron chi connectivity index (χ3n) is 1.24. The zero-order valence-electron chi connectivity index (χ0n) is 7.00. The van der Waals surface area contributed by atoms with E-state index in [1.54, 1.807) is 0 Å². The normalized spacial score (nSPS) is 17.6. The molecule has 0 saturated carbocycles. The van der Waals surface area contributed by atoms with Gasteiger partial charge >= 0.3 is 0 Å². The molecule has 0 bridgehead atoms. The van der Waals surface area contributed by atoms with Crippen molar-refractivity contribution in [3.63, 3.8) is 0 Å². The molecule has 0 aliphatic rings. The first-order valence-electron chi connectivity index (χ1n) is 3.54. The molecule has 0 spiro atoms. The Morgan fingerprint density at radius 1 is 0.867 bits per heavy atom. The molecule has 0 fully saturated rings. The highest BCUT2D eigenvalue weighted by molar-refractivity contribution is 6.51. The van der Waals surface area contributed by atoms with Crippen molar-refractivity contribution in [2.75, 3.05) is 13.2 Å². The molecule has 0 aromatic heterocycles. The maximum atomic E-state index is 12.7. The van der Waals surface area contributed by atoms with Crippen LogP contribution in [0.5, 0.6) is 0 Å². The van der Waals surface area contributed by atoms with Gasteiger partial charge in [-0.1, -0.05) is 46.4 Å². The van der Waals surface area contributed by atoms with E-state index in [0.717, 1.165) is 0 Å². The van der Waals surface area contributed by atoms with Gasteiger partial charge in [0.25, 0.3) is 9.17 Å². The van der Waals surface area contributed by atoms with Crippen molar-refractivity contribution in [3.8, 4) is 0 Å². The van der Waals surface area contributed by atoms with E-state index >= 15 is 0 Å². The minimum atomic E-state index is -2.64. The van der Waals surface area contributed by atoms with Crippen LogP contribution in [0.1, 0.15) is 0 Å². The van der Waals surface area contributed by atoms with E-state index in [2.05, 4.69) is 0 Å². The Hall–Kier alpha value is 1.56. The van der Waals surface area contributed by atoms with Gasteiger partial charge in [0.15, 0.2) is 0 Å². The van der Waals surface area contributed by atoms with Gasteiger partial charge in [-0.25, -0.2) is 8.78 Å². The Balaban J connectivity index is 3.81. The second-order valence-corrected chi connectivity index (χ2v) is 6.20. The van der Waals surface area contributed by atoms with Crippen molar-refractivity contribution in [2.24, 2.45) is 0 Å². The predicted molar refractivity (Wildman–Crippen MR) is 61.2 cm³/mol. The minimum absolute atomic E-state index is 0.363. The van der Waals surface area contributed by atoms with E-state index in [1.807, 2.05) is 0 Å². The van der Waals surface area contributed by atoms with Crippen LogP contribution in [0.4, 0.5) is 8.78 Å². The standard InChI is InChI=1S/C6H6Cl6F2O/c7-3(5(9,10)13)1-15-2-4(8)6(11,12)14/h3-4H,1-2H2. The van der Waals surface area contributed by atoms with Crippen LogP contribution in [0.2, 0.25) is 0 Å². The van der Waals surface area contributed by atoms with Gasteiger partial charge < -0.3 is 4.74 Å². The molecule has 9 heteroatoms. The molecule has 0 aromatic carbocycles. The van der Waals surface area contributed by atoms with Crippen molar-refractivity contribution in [1.29, 1.82) is 0 Å². The van der Waals surface area contributed by atoms with Gasteiger partial charge in [-0.2, -0.15) is 0 Å². The fraction of sp³-hybridized carbons (Fsp3) is 1.00. The SMILES string of the molecule is FC(Cl)(Cl)C(Cl)COCC(Cl)C(F)(Cl)Cl. The van der Waals surface area contributed by atoms with Crippen molar-refractivity contribution in [1.82, 2.24) is 0 Å². The summed E-state index contributed by atoms with van der Waals surface area (Å²) in [4.78, 5) is 0. The molecule has 15 heavy (non-hydrogen) atoms. The summed E-state index contributed by atoms with van der Waals surface area (Å²) in [5, 5.41) is -2.63. The molecule has 2 unspecified atom stereocenters. The molecule has 0 heterocycles. The summed E-state index contributed by atoms with van der Waals surface area (Å²) in [6, 6.07) is 0. The Labute approximate surface area is 116 Å². The van der Waals surface area contributed by atoms with Gasteiger partial charge in [0.05, 0.1) is 13.2 Å². The highest BCUT2D eigenvalue weighted by atomic mass is 35.5. The molecule has 0 aromatic rings. The molecule has 0 rings (SSSR count). The Kier molecular flexibility index (Phi) is 7.16. The van der Waals surface area contributed by atoms with Gasteiger partial charge in [-0.3, -0.25) is 0 Å². The summed E-state index contributed by atoms with van der Waals surface area (Å²) in [6.45, 7) is -0.726. The van der Waals surface area contributed by atoms with Crippen LogP contribution in [-0.4, -0.2) is 33.1 Å². The lowest BCUT2D eigenvalue weighted by molar-refractivity contribution is 0.108. The highest BCUT2D eigenvalue weighted by Gasteiger charge is 2.36. The number of hydrogen-bond acceptors (Lipinski definition) is 1. The van der Waals surface area contributed by atoms with Gasteiger partial charge in [0.1, 0.15) is 10.8 Å². The third kappa shape index (κ3) is 7.48. The van der Waals surface area contributed by atoms with Crippen molar-refractivity contribution >= 4 is 69.6 Å². The number of hydrogen-bond donors (Lipinski definition) is 0. The monoisotopic (exact) mass is 342 g/mol. The summed E-state index contributed by atoms with van der Waals surface area (Å²) in [5.41, 5.74) is 0. The molecule has 1 nitrogen and oxygen atoms in total. The fourth-order valence-corrected chi connectivity index (χ4v) is 0.894. The van der Waals surface area contributed by atoms with E-state index in [4.69, 9.17) is 74.3 Å². The summed E-state index contributed by atoms with van der Waals surface area (Å²) < 4.78 is 24.8. The Morgan fingerprint density at radius 3 is 1.33 bits per heavy atom. The molecule has 2 atom stereocenters. The second-order valence-electron chi connectivity index (χ2n) is 2.56. The first-order chi connectivity index (χ1) is 6.55. The van der Waals surface area contributed by atoms with Crippen LogP contribution in [-0.2, 0) is 4.74 Å². The van der Waals surface area contributed by atoms with Crippen LogP contribution in [0.15, 0.2) is 0 Å². The maximum absolute atomic E-state index is 12.7. The summed E-state index contributed by atoms with van der Waals surface area (Å²) >= 11 is 30.8. The first-order valence-corrected chi connectivity index (χ1v) is 5.93. The molecule has 92 valence electrons. The molecule has 0 saturated heterocycles. The minimum Gasteiger partial charge on any atom is -0.378 e. The molecule has 0 N–H and O–H groups in total. The molecular formula is C6H6Cl6F2O. The zero-order chi connectivity index (χ0) is 12.3. The van der Waals surface area contributed by atoms with Crippen LogP contribution in [0.25, 0.3) is 0 Å². The largest absolute Gasteiger partial charge is 0.378 e. The second kappa shape index (κ2) is 6.48. The topological polar surface area (TPSA) is 9.23 Å². The van der Waals surface area contributed by atoms with E-state index in [-0.39, 0.29) is 13.2 Å². The quantitative estimate of drug-likeness (QED) is 0.648. The molecular weight excluding hydrogens is 339 g/mol. The first kappa shape index (κ1) is 16.6. The molecule has 0 aliphatic carbocycles. The maximum Gasteiger partial charge on any atom is 0.275 e. The number of ether oxygens (including phenoxy) is 1. The number of alkyl halides is 8. The highest BCUT2D eigenvalue weighted by Crippen LogP contribution is 2.33. The van der Waals surface area contributed by atoms with Gasteiger partial charge in [-0.05, 0) is 0 Å². The Bertz CT molecular complexity index is 171. The fourth-order valence-electron chi connectivity index (χ4n) is 0.464. The van der Waals surface area contributed by atoms with E-state index in [9.17, 15) is 8.78 Å². The average Bonchev–Trinajstić information content (AvgIpc) is 2.00. The van der Waals surface area contributed by atoms with Gasteiger partial charge in [-0.15, -0.1) is 23.2 Å². The lowest BCUT2D eigenvalue weighted by Crippen LogP contribution is -2.30. The summed E-state index contributed by atoms with van der Waals surface area (Å²) in [5.74, 6) is 0. The van der Waals surface area contributed by atoms with Crippen molar-refractivity contribution in [3.05, 3.63) is 0 Å². The van der Waals surface area contributed by atoms with Gasteiger partial charge in [0, 0.05) is 0 Å². The third-order valence-corrected chi connectivity index (χ3v) is 3.59. The molecule has 0 aliphatic heterocycles. The lowest BCUT2D eigenvalue weighted by atomic mass is 10.4. The van der Waals surface area contributed by atoms with Crippen LogP contribution in [0.3, 0.4) is 0 Å². The van der Waals surface area contributed by atoms with Crippen molar-refractivity contribution < 1.29 is 13.5 Å². The van der Waals surface area contributed by atoms with E-state index < -0.39 is 19.9 Å². The number of rotatable bonds is 6. The van der Waals surface area contributed by atoms with Crippen LogP contribution < -0.4 is 0 Å². The van der Waals surface area contributed by atoms with Crippen LogP contribution >= 0.6 is 69.6 Å². The molecule has 0 radical (unpaired) electrons. The summed E-state index contributed by atoms with van der Waals surface area (Å²) in [7, 11) is 0. The van der Waals surface area contributed by atoms with Crippen molar-refractivity contribution in [2.45, 2.75) is 19.9 Å². The predicted octanol–water partition coefficient (Wildman–Crippen LogP) is 4.42. The zero-order valence-corrected chi connectivity index (χ0v) is 11.5. The average molecular weight is 345 g/mol. The summed E-state index contributed by atoms with van der Waals surface area (Å²) in [6.07, 6.45) is 0. The smallest absolute Gasteiger partial charge is 0.275 e. The van der Waals surface area contributed by atoms with E-state index in [0.29, 0.717) is 0 Å².